The molecular formula is C26H25ClO4S. The fraction of sp³-hybridized carbons (Fsp3) is 0.308. The highest BCUT2D eigenvalue weighted by Crippen LogP contribution is 2.37. The fourth-order valence-corrected chi connectivity index (χ4v) is 5.96. The average Bonchev–Trinajstić information content (AvgIpc) is 3.30. The lowest BCUT2D eigenvalue weighted by Gasteiger charge is -2.16. The number of ketones is 1. The normalized spacial score (nSPS) is 19.8. The molecule has 1 aliphatic carbocycles. The van der Waals surface area contributed by atoms with Crippen molar-refractivity contribution in [3.8, 4) is 0 Å². The molecule has 1 aromatic heterocycles. The number of aliphatic hydroxyl groups excluding tert-OH is 1. The molecule has 2 unspecified atom stereocenters. The van der Waals surface area contributed by atoms with E-state index in [1.165, 1.54) is 0 Å². The largest absolute Gasteiger partial charge is 0.478 e. The minimum absolute atomic E-state index is 0.0643. The monoisotopic (exact) mass is 468 g/mol. The van der Waals surface area contributed by atoms with Crippen molar-refractivity contribution in [2.24, 2.45) is 11.8 Å². The molecule has 0 radical (unpaired) electrons. The number of aryl methyl sites for hydroxylation is 1. The number of rotatable bonds is 8. The van der Waals surface area contributed by atoms with Gasteiger partial charge in [0.25, 0.3) is 0 Å². The number of carbonyl (C=O) groups is 2. The van der Waals surface area contributed by atoms with Crippen molar-refractivity contribution in [3.63, 3.8) is 0 Å². The van der Waals surface area contributed by atoms with E-state index in [4.69, 9.17) is 16.7 Å². The van der Waals surface area contributed by atoms with E-state index in [0.29, 0.717) is 17.9 Å². The Morgan fingerprint density at radius 2 is 1.94 bits per heavy atom. The number of aromatic carboxylic acids is 1. The Kier molecular flexibility index (Phi) is 7.09. The van der Waals surface area contributed by atoms with Crippen molar-refractivity contribution < 1.29 is 19.8 Å². The lowest BCUT2D eigenvalue weighted by molar-refractivity contribution is -0.121. The molecule has 2 aromatic carbocycles. The third-order valence-electron chi connectivity index (χ3n) is 6.18. The number of fused-ring (bicyclic) bond motifs is 1. The molecule has 6 heteroatoms. The van der Waals surface area contributed by atoms with E-state index in [2.05, 4.69) is 0 Å². The predicted octanol–water partition coefficient (Wildman–Crippen LogP) is 5.94. The van der Waals surface area contributed by atoms with Crippen LogP contribution in [0.2, 0.25) is 5.02 Å². The number of carbonyl (C=O) groups excluding carboxylic acids is 1. The van der Waals surface area contributed by atoms with Gasteiger partial charge in [0.05, 0.1) is 16.7 Å². The summed E-state index contributed by atoms with van der Waals surface area (Å²) in [6, 6.07) is 14.8. The first-order valence-electron chi connectivity index (χ1n) is 10.8. The third kappa shape index (κ3) is 5.12. The number of carboxylic acid groups (broad SMARTS) is 1. The van der Waals surface area contributed by atoms with E-state index in [1.807, 2.05) is 42.5 Å². The zero-order chi connectivity index (χ0) is 22.7. The van der Waals surface area contributed by atoms with Gasteiger partial charge in [-0.15, -0.1) is 11.3 Å². The molecule has 0 aliphatic heterocycles. The van der Waals surface area contributed by atoms with Gasteiger partial charge in [0, 0.05) is 33.7 Å². The van der Waals surface area contributed by atoms with Gasteiger partial charge >= 0.3 is 5.97 Å². The summed E-state index contributed by atoms with van der Waals surface area (Å²) in [5.74, 6) is -0.620. The number of carboxylic acids is 1. The number of thiophene rings is 1. The number of hydrogen-bond donors (Lipinski definition) is 2. The Labute approximate surface area is 196 Å². The van der Waals surface area contributed by atoms with E-state index in [0.717, 1.165) is 39.8 Å². The standard InChI is InChI=1S/C26H25ClO4S/c27-25-21-3-1-2-4-23(21)32-24(25)15-19(28)12-10-17-11-14-22(29)20(17)13-7-16-5-8-18(9-6-16)26(30)31/h1-6,8-10,12,17,19-20,28H,7,11,13-15H2,(H,30,31)/b12-10+/t17?,19?,20-/m1/s1. The number of aliphatic hydroxyl groups is 1. The molecule has 3 aromatic rings. The second kappa shape index (κ2) is 9.99. The molecule has 4 rings (SSSR count). The molecule has 1 heterocycles. The maximum atomic E-state index is 12.4. The van der Waals surface area contributed by atoms with Crippen LogP contribution in [0.25, 0.3) is 10.1 Å². The van der Waals surface area contributed by atoms with Gasteiger partial charge in [0.1, 0.15) is 5.78 Å². The van der Waals surface area contributed by atoms with Crippen LogP contribution >= 0.6 is 22.9 Å². The van der Waals surface area contributed by atoms with Crippen molar-refractivity contribution in [1.29, 1.82) is 0 Å². The molecular weight excluding hydrogens is 444 g/mol. The van der Waals surface area contributed by atoms with E-state index < -0.39 is 12.1 Å². The Morgan fingerprint density at radius 3 is 2.66 bits per heavy atom. The molecule has 1 saturated carbocycles. The van der Waals surface area contributed by atoms with Crippen molar-refractivity contribution in [3.05, 3.63) is 81.7 Å². The van der Waals surface area contributed by atoms with Gasteiger partial charge in [0.15, 0.2) is 0 Å². The van der Waals surface area contributed by atoms with Gasteiger partial charge in [-0.3, -0.25) is 4.79 Å². The molecule has 0 amide bonds. The smallest absolute Gasteiger partial charge is 0.335 e. The van der Waals surface area contributed by atoms with E-state index >= 15 is 0 Å². The summed E-state index contributed by atoms with van der Waals surface area (Å²) in [7, 11) is 0. The van der Waals surface area contributed by atoms with Gasteiger partial charge in [-0.25, -0.2) is 4.79 Å². The average molecular weight is 469 g/mol. The minimum atomic E-state index is -0.941. The maximum absolute atomic E-state index is 12.4. The first-order valence-corrected chi connectivity index (χ1v) is 12.0. The summed E-state index contributed by atoms with van der Waals surface area (Å²) >= 11 is 8.10. The molecule has 32 heavy (non-hydrogen) atoms. The molecule has 1 fully saturated rings. The van der Waals surface area contributed by atoms with E-state index in [1.54, 1.807) is 29.5 Å². The summed E-state index contributed by atoms with van der Waals surface area (Å²) in [4.78, 5) is 24.4. The Hall–Kier alpha value is -2.47. The molecule has 0 bridgehead atoms. The highest BCUT2D eigenvalue weighted by Gasteiger charge is 2.32. The molecule has 2 N–H and O–H groups in total. The molecule has 0 saturated heterocycles. The van der Waals surface area contributed by atoms with Crippen molar-refractivity contribution >= 4 is 44.8 Å². The number of allylic oxidation sites excluding steroid dienone is 1. The van der Waals surface area contributed by atoms with E-state index in [9.17, 15) is 14.7 Å². The fourth-order valence-electron chi connectivity index (χ4n) is 4.40. The van der Waals surface area contributed by atoms with Crippen molar-refractivity contribution in [2.75, 3.05) is 0 Å². The van der Waals surface area contributed by atoms with E-state index in [-0.39, 0.29) is 23.2 Å². The zero-order valence-corrected chi connectivity index (χ0v) is 19.1. The van der Waals surface area contributed by atoms with Crippen LogP contribution < -0.4 is 0 Å². The van der Waals surface area contributed by atoms with Crippen LogP contribution in [0.3, 0.4) is 0 Å². The lowest BCUT2D eigenvalue weighted by atomic mass is 9.88. The summed E-state index contributed by atoms with van der Waals surface area (Å²) < 4.78 is 1.11. The van der Waals surface area contributed by atoms with Crippen LogP contribution in [0.15, 0.2) is 60.7 Å². The number of hydrogen-bond acceptors (Lipinski definition) is 4. The van der Waals surface area contributed by atoms with Gasteiger partial charge in [-0.2, -0.15) is 0 Å². The molecule has 0 spiro atoms. The van der Waals surface area contributed by atoms with Crippen molar-refractivity contribution in [1.82, 2.24) is 0 Å². The third-order valence-corrected chi connectivity index (χ3v) is 7.91. The summed E-state index contributed by atoms with van der Waals surface area (Å²) in [5.41, 5.74) is 1.29. The molecule has 1 aliphatic rings. The summed E-state index contributed by atoms with van der Waals surface area (Å²) in [5, 5.41) is 21.3. The lowest BCUT2D eigenvalue weighted by Crippen LogP contribution is -2.15. The first kappa shape index (κ1) is 22.7. The maximum Gasteiger partial charge on any atom is 0.335 e. The second-order valence-corrected chi connectivity index (χ2v) is 9.82. The number of benzene rings is 2. The molecule has 4 nitrogen and oxygen atoms in total. The Morgan fingerprint density at radius 1 is 1.19 bits per heavy atom. The Balaban J connectivity index is 1.36. The van der Waals surface area contributed by atoms with Crippen LogP contribution in [-0.2, 0) is 17.6 Å². The highest BCUT2D eigenvalue weighted by atomic mass is 35.5. The van der Waals surface area contributed by atoms with Crippen LogP contribution in [0.5, 0.6) is 0 Å². The highest BCUT2D eigenvalue weighted by molar-refractivity contribution is 7.19. The van der Waals surface area contributed by atoms with Gasteiger partial charge in [-0.1, -0.05) is 54.1 Å². The van der Waals surface area contributed by atoms with Crippen LogP contribution in [-0.4, -0.2) is 28.1 Å². The Bertz CT molecular complexity index is 1150. The van der Waals surface area contributed by atoms with Crippen LogP contribution in [0.1, 0.15) is 40.1 Å². The number of Topliss-reactive ketones (excluding diaryl/α,β-unsaturated/α-hetero) is 1. The van der Waals surface area contributed by atoms with Crippen molar-refractivity contribution in [2.45, 2.75) is 38.2 Å². The van der Waals surface area contributed by atoms with Crippen LogP contribution in [0.4, 0.5) is 0 Å². The minimum Gasteiger partial charge on any atom is -0.478 e. The second-order valence-electron chi connectivity index (χ2n) is 8.31. The quantitative estimate of drug-likeness (QED) is 0.401. The first-order chi connectivity index (χ1) is 15.4. The number of halogens is 1. The van der Waals surface area contributed by atoms with Gasteiger partial charge in [0.2, 0.25) is 0 Å². The van der Waals surface area contributed by atoms with Gasteiger partial charge < -0.3 is 10.2 Å². The molecule has 166 valence electrons. The van der Waals surface area contributed by atoms with Gasteiger partial charge in [-0.05, 0) is 48.9 Å². The molecule has 3 atom stereocenters. The van der Waals surface area contributed by atoms with Crippen LogP contribution in [0, 0.1) is 11.8 Å². The predicted molar refractivity (Wildman–Crippen MR) is 129 cm³/mol. The summed E-state index contributed by atoms with van der Waals surface area (Å²) in [6.45, 7) is 0. The summed E-state index contributed by atoms with van der Waals surface area (Å²) in [6.07, 6.45) is 6.41. The SMILES string of the molecule is O=C(O)c1ccc(CC[C@H]2C(=O)CCC2/C=C/C(O)Cc2sc3ccccc3c2Cl)cc1. The zero-order valence-electron chi connectivity index (χ0n) is 17.5. The topological polar surface area (TPSA) is 74.6 Å².